The van der Waals surface area contributed by atoms with E-state index in [-0.39, 0.29) is 19.1 Å². The van der Waals surface area contributed by atoms with Crippen LogP contribution in [0.2, 0.25) is 0 Å². The molecule has 0 saturated heterocycles. The Morgan fingerprint density at radius 1 is 0.430 bits per heavy atom. The first-order valence-corrected chi connectivity index (χ1v) is 36.7. The fourth-order valence-electron chi connectivity index (χ4n) is 10.9. The van der Waals surface area contributed by atoms with E-state index in [2.05, 4.69) is 31.3 Å². The number of nitrogens with one attached hydrogen (secondary N) is 1. The van der Waals surface area contributed by atoms with E-state index in [9.17, 15) is 19.4 Å². The zero-order chi connectivity index (χ0) is 57.7. The number of carbonyl (C=O) groups excluding carboxylic acids is 1. The summed E-state index contributed by atoms with van der Waals surface area (Å²) in [6.07, 6.45) is 80.1. The van der Waals surface area contributed by atoms with E-state index in [1.54, 1.807) is 6.08 Å². The fourth-order valence-corrected chi connectivity index (χ4v) is 11.6. The average molecular weight is 1140 g/mol. The molecule has 0 aromatic carbocycles. The highest BCUT2D eigenvalue weighted by molar-refractivity contribution is 7.45. The largest absolute Gasteiger partial charge is 0.756 e. The Hall–Kier alpha value is -1.02. The fraction of sp³-hybridized carbons (Fsp3) is 0.929. The Bertz CT molecular complexity index is 1340. The number of hydrogen-bond donors (Lipinski definition) is 2. The summed E-state index contributed by atoms with van der Waals surface area (Å²) in [5.41, 5.74) is 0. The second-order valence-corrected chi connectivity index (χ2v) is 27.0. The van der Waals surface area contributed by atoms with E-state index in [1.165, 1.54) is 308 Å². The van der Waals surface area contributed by atoms with Gasteiger partial charge in [-0.2, -0.15) is 0 Å². The van der Waals surface area contributed by atoms with Gasteiger partial charge in [0, 0.05) is 6.42 Å². The average Bonchev–Trinajstić information content (AvgIpc) is 3.42. The van der Waals surface area contributed by atoms with Crippen LogP contribution in [0.4, 0.5) is 0 Å². The summed E-state index contributed by atoms with van der Waals surface area (Å²) in [5, 5.41) is 14.0. The van der Waals surface area contributed by atoms with Gasteiger partial charge in [0.1, 0.15) is 13.2 Å². The summed E-state index contributed by atoms with van der Waals surface area (Å²) in [5.74, 6) is -0.190. The van der Waals surface area contributed by atoms with Gasteiger partial charge in [-0.25, -0.2) is 0 Å². The van der Waals surface area contributed by atoms with Gasteiger partial charge in [0.25, 0.3) is 7.82 Å². The Morgan fingerprint density at radius 2 is 0.696 bits per heavy atom. The number of allylic oxidation sites excluding steroid dienone is 3. The number of aliphatic hydroxyl groups excluding tert-OH is 1. The van der Waals surface area contributed by atoms with Crippen molar-refractivity contribution >= 4 is 13.7 Å². The summed E-state index contributed by atoms with van der Waals surface area (Å²) in [6, 6.07) is -0.886. The molecule has 470 valence electrons. The molecule has 0 aromatic rings. The molecule has 0 rings (SSSR count). The van der Waals surface area contributed by atoms with Crippen LogP contribution in [-0.4, -0.2) is 68.5 Å². The van der Waals surface area contributed by atoms with Crippen LogP contribution in [0.25, 0.3) is 0 Å². The van der Waals surface area contributed by atoms with Crippen molar-refractivity contribution in [2.24, 2.45) is 0 Å². The van der Waals surface area contributed by atoms with Gasteiger partial charge >= 0.3 is 0 Å². The predicted molar refractivity (Wildman–Crippen MR) is 344 cm³/mol. The van der Waals surface area contributed by atoms with Crippen molar-refractivity contribution in [1.29, 1.82) is 0 Å². The number of likely N-dealkylation sites (N-methyl/N-ethyl adjacent to an activating group) is 1. The third-order valence-corrected chi connectivity index (χ3v) is 17.4. The molecule has 0 fully saturated rings. The van der Waals surface area contributed by atoms with E-state index in [4.69, 9.17) is 9.05 Å². The summed E-state index contributed by atoms with van der Waals surface area (Å²) < 4.78 is 23.5. The van der Waals surface area contributed by atoms with Crippen LogP contribution in [0.3, 0.4) is 0 Å². The SMILES string of the molecule is CCCCCCCCCC/C=C\CCCCCCCCCCCCCCCCCC(=O)NC(COP(=O)([O-])OCC[N+](C)(C)C)C(O)/C=C/CCCCCCCCCCCCCCCCCCCCCCCCCCCCCC. The Labute approximate surface area is 494 Å². The summed E-state index contributed by atoms with van der Waals surface area (Å²) >= 11 is 0. The highest BCUT2D eigenvalue weighted by atomic mass is 31.2. The summed E-state index contributed by atoms with van der Waals surface area (Å²) in [4.78, 5) is 25.6. The van der Waals surface area contributed by atoms with Gasteiger partial charge in [-0.15, -0.1) is 0 Å². The van der Waals surface area contributed by atoms with Gasteiger partial charge in [0.2, 0.25) is 5.91 Å². The van der Waals surface area contributed by atoms with Crippen molar-refractivity contribution in [2.45, 2.75) is 379 Å². The molecule has 0 aromatic heterocycles. The quantitative estimate of drug-likeness (QED) is 0.0272. The Morgan fingerprint density at radius 3 is 0.987 bits per heavy atom. The number of hydrogen-bond acceptors (Lipinski definition) is 6. The summed E-state index contributed by atoms with van der Waals surface area (Å²) in [7, 11) is 1.28. The van der Waals surface area contributed by atoms with Gasteiger partial charge in [-0.05, 0) is 44.9 Å². The maximum atomic E-state index is 13.0. The first-order chi connectivity index (χ1) is 38.5. The van der Waals surface area contributed by atoms with E-state index < -0.39 is 20.0 Å². The van der Waals surface area contributed by atoms with Crippen molar-refractivity contribution < 1.29 is 32.9 Å². The molecule has 0 radical (unpaired) electrons. The smallest absolute Gasteiger partial charge is 0.268 e. The molecule has 79 heavy (non-hydrogen) atoms. The molecular formula is C70H139N2O6P. The number of carbonyl (C=O) groups is 1. The van der Waals surface area contributed by atoms with Crippen LogP contribution >= 0.6 is 7.82 Å². The third kappa shape index (κ3) is 64.4. The molecule has 0 spiro atoms. The lowest BCUT2D eigenvalue weighted by atomic mass is 10.0. The number of amides is 1. The molecular weight excluding hydrogens is 996 g/mol. The van der Waals surface area contributed by atoms with Crippen LogP contribution in [0.1, 0.15) is 367 Å². The van der Waals surface area contributed by atoms with E-state index in [0.29, 0.717) is 17.4 Å². The molecule has 0 heterocycles. The van der Waals surface area contributed by atoms with Crippen LogP contribution < -0.4 is 10.2 Å². The van der Waals surface area contributed by atoms with Crippen LogP contribution in [0.5, 0.6) is 0 Å². The molecule has 0 aliphatic heterocycles. The van der Waals surface area contributed by atoms with Crippen molar-refractivity contribution in [2.75, 3.05) is 40.9 Å². The van der Waals surface area contributed by atoms with E-state index in [1.807, 2.05) is 27.2 Å². The van der Waals surface area contributed by atoms with Crippen molar-refractivity contribution in [3.8, 4) is 0 Å². The minimum absolute atomic E-state index is 0.00161. The van der Waals surface area contributed by atoms with Gasteiger partial charge in [-0.3, -0.25) is 9.36 Å². The molecule has 0 saturated carbocycles. The van der Waals surface area contributed by atoms with Crippen molar-refractivity contribution in [3.05, 3.63) is 24.3 Å². The Kier molecular flexibility index (Phi) is 60.7. The number of rotatable bonds is 66. The van der Waals surface area contributed by atoms with Gasteiger partial charge < -0.3 is 28.8 Å². The second-order valence-electron chi connectivity index (χ2n) is 25.6. The highest BCUT2D eigenvalue weighted by Crippen LogP contribution is 2.38. The number of nitrogens with zero attached hydrogens (tertiary/aromatic N) is 1. The number of aliphatic hydroxyl groups is 1. The van der Waals surface area contributed by atoms with Crippen LogP contribution in [0, 0.1) is 0 Å². The van der Waals surface area contributed by atoms with Gasteiger partial charge in [-0.1, -0.05) is 340 Å². The number of quaternary nitrogens is 1. The highest BCUT2D eigenvalue weighted by Gasteiger charge is 2.23. The topological polar surface area (TPSA) is 108 Å². The maximum Gasteiger partial charge on any atom is 0.268 e. The molecule has 0 aliphatic rings. The zero-order valence-corrected chi connectivity index (χ0v) is 54.8. The first-order valence-electron chi connectivity index (χ1n) is 35.2. The molecule has 0 aliphatic carbocycles. The van der Waals surface area contributed by atoms with Crippen LogP contribution in [-0.2, 0) is 18.4 Å². The standard InChI is InChI=1S/C70H139N2O6P/c1-6-8-10-12-14-16-18-20-22-24-26-28-30-32-34-35-36-38-39-41-43-45-47-49-51-53-55-57-59-61-63-69(73)68(67-78-79(75,76)77-66-65-72(3,4)5)71-70(74)64-62-60-58-56-54-52-50-48-46-44-42-40-37-33-31-29-27-25-23-21-19-17-15-13-11-9-7-2/h25,27,61,63,68-69,73H,6-24,26,28-60,62,64-67H2,1-5H3,(H-,71,74,75,76)/b27-25-,63-61+. The van der Waals surface area contributed by atoms with E-state index in [0.717, 1.165) is 38.5 Å². The van der Waals surface area contributed by atoms with Crippen molar-refractivity contribution in [3.63, 3.8) is 0 Å². The lowest BCUT2D eigenvalue weighted by molar-refractivity contribution is -0.870. The van der Waals surface area contributed by atoms with E-state index >= 15 is 0 Å². The molecule has 9 heteroatoms. The predicted octanol–water partition coefficient (Wildman–Crippen LogP) is 21.6. The molecule has 3 unspecified atom stereocenters. The normalized spacial score (nSPS) is 13.8. The van der Waals surface area contributed by atoms with Gasteiger partial charge in [0.05, 0.1) is 39.9 Å². The number of unbranched alkanes of at least 4 members (excludes halogenated alkanes) is 51. The lowest BCUT2D eigenvalue weighted by Gasteiger charge is -2.29. The summed E-state index contributed by atoms with van der Waals surface area (Å²) in [6.45, 7) is 4.71. The van der Waals surface area contributed by atoms with Gasteiger partial charge in [0.15, 0.2) is 0 Å². The minimum atomic E-state index is -4.60. The number of phosphoric ester groups is 1. The van der Waals surface area contributed by atoms with Crippen molar-refractivity contribution in [1.82, 2.24) is 5.32 Å². The molecule has 2 N–H and O–H groups in total. The minimum Gasteiger partial charge on any atom is -0.756 e. The third-order valence-electron chi connectivity index (χ3n) is 16.4. The number of phosphoric acid groups is 1. The maximum absolute atomic E-state index is 13.0. The molecule has 1 amide bonds. The Balaban J connectivity index is 4.04. The molecule has 0 bridgehead atoms. The zero-order valence-electron chi connectivity index (χ0n) is 53.9. The molecule has 3 atom stereocenters. The van der Waals surface area contributed by atoms with Crippen LogP contribution in [0.15, 0.2) is 24.3 Å². The molecule has 8 nitrogen and oxygen atoms in total. The second kappa shape index (κ2) is 61.5. The monoisotopic (exact) mass is 1140 g/mol. The first kappa shape index (κ1) is 78.0. The lowest BCUT2D eigenvalue weighted by Crippen LogP contribution is -2.45.